The number of hydrogen-bond donors (Lipinski definition) is 1. The molecular weight excluding hydrogens is 266 g/mol. The number of aliphatic hydroxyl groups excluding tert-OH is 1. The molecule has 1 fully saturated rings. The van der Waals surface area contributed by atoms with Gasteiger partial charge in [0.05, 0.1) is 6.23 Å². The Hall–Kier alpha value is 0.234. The molecule has 0 bridgehead atoms. The highest BCUT2D eigenvalue weighted by Crippen LogP contribution is 2.27. The Labute approximate surface area is 112 Å². The summed E-state index contributed by atoms with van der Waals surface area (Å²) in [6.07, 6.45) is 2.39. The Balaban J connectivity index is 2.43. The second kappa shape index (κ2) is 7.13. The molecule has 7 heteroatoms. The third kappa shape index (κ3) is 3.63. The third-order valence-corrected chi connectivity index (χ3v) is 11.1. The van der Waals surface area contributed by atoms with Crippen molar-refractivity contribution in [2.24, 2.45) is 0 Å². The Kier molecular flexibility index (Phi) is 6.45. The van der Waals surface area contributed by atoms with Crippen LogP contribution in [0.25, 0.3) is 0 Å². The lowest BCUT2D eigenvalue weighted by Crippen LogP contribution is -2.55. The van der Waals surface area contributed by atoms with Gasteiger partial charge in [0, 0.05) is 21.3 Å². The summed E-state index contributed by atoms with van der Waals surface area (Å²) in [6, 6.07) is 2.03. The van der Waals surface area contributed by atoms with E-state index in [1.807, 2.05) is 0 Å². The van der Waals surface area contributed by atoms with E-state index in [9.17, 15) is 5.11 Å². The van der Waals surface area contributed by atoms with Crippen LogP contribution in [-0.4, -0.2) is 67.4 Å². The van der Waals surface area contributed by atoms with Crippen LogP contribution < -0.4 is 0 Å². The van der Waals surface area contributed by atoms with E-state index in [1.165, 1.54) is 0 Å². The van der Waals surface area contributed by atoms with Crippen molar-refractivity contribution in [2.45, 2.75) is 31.5 Å². The Morgan fingerprint density at radius 3 is 2.44 bits per heavy atom. The maximum Gasteiger partial charge on any atom is 0.334 e. The van der Waals surface area contributed by atoms with Crippen molar-refractivity contribution in [2.75, 3.05) is 40.6 Å². The molecule has 108 valence electrons. The Morgan fingerprint density at radius 1 is 1.28 bits per heavy atom. The van der Waals surface area contributed by atoms with Gasteiger partial charge < -0.3 is 23.0 Å². The van der Waals surface area contributed by atoms with E-state index >= 15 is 0 Å². The molecule has 1 aliphatic rings. The molecule has 0 amide bonds. The van der Waals surface area contributed by atoms with Crippen molar-refractivity contribution in [3.63, 3.8) is 0 Å². The second-order valence-electron chi connectivity index (χ2n) is 5.04. The first-order valence-corrected chi connectivity index (χ1v) is 11.4. The summed E-state index contributed by atoms with van der Waals surface area (Å²) in [5.74, 6) is 0. The van der Waals surface area contributed by atoms with Crippen molar-refractivity contribution >= 4 is 17.0 Å². The van der Waals surface area contributed by atoms with E-state index in [-0.39, 0.29) is 6.23 Å². The van der Waals surface area contributed by atoms with Gasteiger partial charge in [0.1, 0.15) is 0 Å². The van der Waals surface area contributed by atoms with Gasteiger partial charge in [-0.25, -0.2) is 0 Å². The van der Waals surface area contributed by atoms with Crippen LogP contribution in [0.4, 0.5) is 0 Å². The van der Waals surface area contributed by atoms with Crippen LogP contribution in [0.1, 0.15) is 12.8 Å². The van der Waals surface area contributed by atoms with Crippen molar-refractivity contribution < 1.29 is 18.4 Å². The lowest BCUT2D eigenvalue weighted by molar-refractivity contribution is 0.238. The van der Waals surface area contributed by atoms with Crippen molar-refractivity contribution in [3.05, 3.63) is 0 Å². The fourth-order valence-corrected chi connectivity index (χ4v) is 7.06. The summed E-state index contributed by atoms with van der Waals surface area (Å²) in [5, 5.41) is 9.59. The van der Waals surface area contributed by atoms with E-state index in [4.69, 9.17) is 13.3 Å². The lowest BCUT2D eigenvalue weighted by atomic mass is 10.4. The SMILES string of the molecule is CO[Si](C)(CCCN1CCC[Si]1(CO)OC)OC. The fraction of sp³-hybridized carbons (Fsp3) is 1.00. The quantitative estimate of drug-likeness (QED) is 0.678. The van der Waals surface area contributed by atoms with Crippen LogP contribution in [0, 0.1) is 0 Å². The van der Waals surface area contributed by atoms with E-state index < -0.39 is 17.0 Å². The van der Waals surface area contributed by atoms with Gasteiger partial charge in [-0.2, -0.15) is 0 Å². The van der Waals surface area contributed by atoms with Crippen LogP contribution >= 0.6 is 0 Å². The molecule has 5 nitrogen and oxygen atoms in total. The van der Waals surface area contributed by atoms with Crippen LogP contribution in [0.5, 0.6) is 0 Å². The summed E-state index contributed by atoms with van der Waals surface area (Å²) in [4.78, 5) is 0. The maximum atomic E-state index is 9.59. The fourth-order valence-electron chi connectivity index (χ4n) is 2.58. The zero-order valence-electron chi connectivity index (χ0n) is 12.1. The molecule has 1 unspecified atom stereocenters. The van der Waals surface area contributed by atoms with Gasteiger partial charge in [-0.05, 0) is 44.6 Å². The first kappa shape index (κ1) is 16.3. The Bertz CT molecular complexity index is 247. The van der Waals surface area contributed by atoms with Crippen molar-refractivity contribution in [1.82, 2.24) is 4.57 Å². The smallest absolute Gasteiger partial charge is 0.334 e. The zero-order chi connectivity index (χ0) is 13.6. The molecule has 1 atom stereocenters. The summed E-state index contributed by atoms with van der Waals surface area (Å²) in [5.41, 5.74) is 0. The van der Waals surface area contributed by atoms with Gasteiger partial charge in [0.25, 0.3) is 8.48 Å². The molecule has 1 heterocycles. The molecule has 0 radical (unpaired) electrons. The Morgan fingerprint density at radius 2 is 1.94 bits per heavy atom. The predicted octanol–water partition coefficient (Wildman–Crippen LogP) is 1.07. The average molecular weight is 294 g/mol. The van der Waals surface area contributed by atoms with E-state index in [2.05, 4.69) is 11.1 Å². The minimum absolute atomic E-state index is 0.201. The summed E-state index contributed by atoms with van der Waals surface area (Å²) in [6.45, 7) is 4.12. The van der Waals surface area contributed by atoms with Gasteiger partial charge in [0.2, 0.25) is 0 Å². The molecule has 0 aromatic heterocycles. The minimum atomic E-state index is -2.00. The van der Waals surface area contributed by atoms with Crippen LogP contribution in [0.15, 0.2) is 0 Å². The molecular formula is C11H27NO4Si2. The molecule has 0 aromatic carbocycles. The van der Waals surface area contributed by atoms with Crippen LogP contribution in [0.3, 0.4) is 0 Å². The average Bonchev–Trinajstić information content (AvgIpc) is 2.82. The summed E-state index contributed by atoms with van der Waals surface area (Å²) < 4.78 is 19.0. The molecule has 1 N–H and O–H groups in total. The minimum Gasteiger partial charge on any atom is -0.405 e. The molecule has 0 aliphatic carbocycles. The summed E-state index contributed by atoms with van der Waals surface area (Å²) >= 11 is 0. The van der Waals surface area contributed by atoms with Crippen LogP contribution in [0.2, 0.25) is 18.6 Å². The molecule has 1 rings (SSSR count). The number of rotatable bonds is 8. The molecule has 1 aliphatic heterocycles. The standard InChI is InChI=1S/C11H27NO4Si2/c1-14-17(4,15-2)9-5-7-12-8-6-10-18(12,11-13)16-3/h13H,5-11H2,1-4H3. The van der Waals surface area contributed by atoms with Crippen molar-refractivity contribution in [3.8, 4) is 0 Å². The highest BCUT2D eigenvalue weighted by molar-refractivity contribution is 6.71. The van der Waals surface area contributed by atoms with E-state index in [0.29, 0.717) is 0 Å². The third-order valence-electron chi connectivity index (χ3n) is 4.12. The van der Waals surface area contributed by atoms with Gasteiger partial charge >= 0.3 is 8.56 Å². The lowest BCUT2D eigenvalue weighted by Gasteiger charge is -2.33. The number of hydrogen-bond acceptors (Lipinski definition) is 5. The zero-order valence-corrected chi connectivity index (χ0v) is 14.1. The largest absolute Gasteiger partial charge is 0.405 e. The van der Waals surface area contributed by atoms with Gasteiger partial charge in [-0.3, -0.25) is 0 Å². The first-order valence-electron chi connectivity index (χ1n) is 6.57. The van der Waals surface area contributed by atoms with Crippen molar-refractivity contribution in [1.29, 1.82) is 0 Å². The maximum absolute atomic E-state index is 9.59. The molecule has 18 heavy (non-hydrogen) atoms. The topological polar surface area (TPSA) is 51.2 Å². The van der Waals surface area contributed by atoms with Gasteiger partial charge in [-0.15, -0.1) is 0 Å². The number of aliphatic hydroxyl groups is 1. The second-order valence-corrected chi connectivity index (χ2v) is 12.4. The van der Waals surface area contributed by atoms with E-state index in [1.54, 1.807) is 21.3 Å². The predicted molar refractivity (Wildman–Crippen MR) is 75.9 cm³/mol. The number of nitrogens with zero attached hydrogens (tertiary/aromatic N) is 1. The molecule has 1 saturated heterocycles. The normalized spacial score (nSPS) is 25.8. The molecule has 0 aromatic rings. The van der Waals surface area contributed by atoms with Gasteiger partial charge in [-0.1, -0.05) is 0 Å². The highest BCUT2D eigenvalue weighted by Gasteiger charge is 2.44. The molecule has 0 spiro atoms. The first-order chi connectivity index (χ1) is 8.55. The monoisotopic (exact) mass is 293 g/mol. The van der Waals surface area contributed by atoms with Crippen LogP contribution in [-0.2, 0) is 13.3 Å². The molecule has 0 saturated carbocycles. The summed E-state index contributed by atoms with van der Waals surface area (Å²) in [7, 11) is 1.25. The van der Waals surface area contributed by atoms with E-state index in [0.717, 1.165) is 38.0 Å². The van der Waals surface area contributed by atoms with Gasteiger partial charge in [0.15, 0.2) is 0 Å². The highest BCUT2D eigenvalue weighted by atomic mass is 28.4.